The Hall–Kier alpha value is -3.75. The zero-order chi connectivity index (χ0) is 25.2. The molecular weight excluding hydrogens is 453 g/mol. The van der Waals surface area contributed by atoms with Crippen molar-refractivity contribution >= 4 is 23.0 Å². The highest BCUT2D eigenvalue weighted by Crippen LogP contribution is 2.21. The standard InChI is InChI=1S/C26H28FN3O5/c1-26(2,3)35-25(33)29-14-6-7-17(15-29)24(32)34-16-22-28-21-9-5-4-8-20(21)23(31)30(22)19-12-10-18(27)11-13-19/h4-5,8-13,17H,6-7,14-16H2,1-3H3/t17-/m0/s1. The smallest absolute Gasteiger partial charge is 0.410 e. The molecule has 1 aliphatic rings. The third-order valence-electron chi connectivity index (χ3n) is 5.68. The maximum Gasteiger partial charge on any atom is 0.410 e. The van der Waals surface area contributed by atoms with Gasteiger partial charge in [0.15, 0.2) is 5.82 Å². The molecule has 0 unspecified atom stereocenters. The Morgan fingerprint density at radius 2 is 1.83 bits per heavy atom. The van der Waals surface area contributed by atoms with Gasteiger partial charge in [-0.05, 0) is 70.0 Å². The number of rotatable bonds is 4. The number of piperidine rings is 1. The average molecular weight is 482 g/mol. The van der Waals surface area contributed by atoms with Crippen LogP contribution in [-0.2, 0) is 20.9 Å². The fourth-order valence-corrected chi connectivity index (χ4v) is 4.05. The highest BCUT2D eigenvalue weighted by molar-refractivity contribution is 5.78. The molecule has 9 heteroatoms. The number of halogens is 1. The Morgan fingerprint density at radius 1 is 1.11 bits per heavy atom. The quantitative estimate of drug-likeness (QED) is 0.519. The Bertz CT molecular complexity index is 1300. The van der Waals surface area contributed by atoms with Crippen LogP contribution in [0.3, 0.4) is 0 Å². The minimum atomic E-state index is -0.629. The van der Waals surface area contributed by atoms with E-state index in [2.05, 4.69) is 4.98 Å². The van der Waals surface area contributed by atoms with Crippen molar-refractivity contribution < 1.29 is 23.5 Å². The van der Waals surface area contributed by atoms with Crippen molar-refractivity contribution in [2.75, 3.05) is 13.1 Å². The summed E-state index contributed by atoms with van der Waals surface area (Å²) >= 11 is 0. The maximum absolute atomic E-state index is 13.5. The van der Waals surface area contributed by atoms with Gasteiger partial charge in [0.05, 0.1) is 22.5 Å². The number of ether oxygens (including phenoxy) is 2. The highest BCUT2D eigenvalue weighted by Gasteiger charge is 2.32. The van der Waals surface area contributed by atoms with Crippen LogP contribution in [0.1, 0.15) is 39.4 Å². The molecule has 3 aromatic rings. The van der Waals surface area contributed by atoms with E-state index in [9.17, 15) is 18.8 Å². The number of hydrogen-bond donors (Lipinski definition) is 0. The predicted octanol–water partition coefficient (Wildman–Crippen LogP) is 4.22. The lowest BCUT2D eigenvalue weighted by molar-refractivity contribution is -0.151. The van der Waals surface area contributed by atoms with Crippen LogP contribution in [0.15, 0.2) is 53.3 Å². The van der Waals surface area contributed by atoms with E-state index in [1.807, 2.05) is 0 Å². The maximum atomic E-state index is 13.5. The number of amides is 1. The zero-order valence-electron chi connectivity index (χ0n) is 20.0. The summed E-state index contributed by atoms with van der Waals surface area (Å²) in [4.78, 5) is 44.6. The second-order valence-corrected chi connectivity index (χ2v) is 9.54. The van der Waals surface area contributed by atoms with E-state index in [0.29, 0.717) is 36.0 Å². The molecule has 1 saturated heterocycles. The van der Waals surface area contributed by atoms with E-state index in [1.165, 1.54) is 33.7 Å². The highest BCUT2D eigenvalue weighted by atomic mass is 19.1. The van der Waals surface area contributed by atoms with E-state index in [1.54, 1.807) is 45.0 Å². The van der Waals surface area contributed by atoms with Crippen molar-refractivity contribution in [2.24, 2.45) is 5.92 Å². The van der Waals surface area contributed by atoms with Crippen LogP contribution in [0.4, 0.5) is 9.18 Å². The number of nitrogens with zero attached hydrogens (tertiary/aromatic N) is 3. The van der Waals surface area contributed by atoms with E-state index in [-0.39, 0.29) is 24.5 Å². The van der Waals surface area contributed by atoms with Gasteiger partial charge in [0.2, 0.25) is 0 Å². The summed E-state index contributed by atoms with van der Waals surface area (Å²) in [6.07, 6.45) is 0.762. The third kappa shape index (κ3) is 5.67. The average Bonchev–Trinajstić information content (AvgIpc) is 2.82. The molecule has 0 N–H and O–H groups in total. The Morgan fingerprint density at radius 3 is 2.54 bits per heavy atom. The van der Waals surface area contributed by atoms with E-state index >= 15 is 0 Å². The first-order valence-corrected chi connectivity index (χ1v) is 11.5. The molecule has 4 rings (SSSR count). The van der Waals surface area contributed by atoms with Gasteiger partial charge in [-0.1, -0.05) is 12.1 Å². The van der Waals surface area contributed by atoms with Crippen molar-refractivity contribution in [3.05, 3.63) is 70.5 Å². The molecule has 0 aliphatic carbocycles. The van der Waals surface area contributed by atoms with Crippen LogP contribution in [0.2, 0.25) is 0 Å². The summed E-state index contributed by atoms with van der Waals surface area (Å²) in [6.45, 7) is 5.82. The van der Waals surface area contributed by atoms with Crippen LogP contribution < -0.4 is 5.56 Å². The van der Waals surface area contributed by atoms with Crippen LogP contribution >= 0.6 is 0 Å². The van der Waals surface area contributed by atoms with Gasteiger partial charge in [-0.25, -0.2) is 14.2 Å². The molecule has 35 heavy (non-hydrogen) atoms. The van der Waals surface area contributed by atoms with Gasteiger partial charge in [0.1, 0.15) is 18.0 Å². The Balaban J connectivity index is 1.55. The topological polar surface area (TPSA) is 90.7 Å². The van der Waals surface area contributed by atoms with Crippen molar-refractivity contribution in [1.82, 2.24) is 14.5 Å². The molecular formula is C26H28FN3O5. The Kier molecular flexibility index (Phi) is 6.86. The van der Waals surface area contributed by atoms with Crippen LogP contribution in [0.25, 0.3) is 16.6 Å². The monoisotopic (exact) mass is 481 g/mol. The number of esters is 1. The Labute approximate surface area is 202 Å². The number of aromatic nitrogens is 2. The number of para-hydroxylation sites is 1. The van der Waals surface area contributed by atoms with Gasteiger partial charge < -0.3 is 14.4 Å². The zero-order valence-corrected chi connectivity index (χ0v) is 20.0. The first-order chi connectivity index (χ1) is 16.6. The molecule has 0 bridgehead atoms. The summed E-state index contributed by atoms with van der Waals surface area (Å²) in [5.74, 6) is -1.21. The summed E-state index contributed by atoms with van der Waals surface area (Å²) in [6, 6.07) is 12.3. The van der Waals surface area contributed by atoms with Crippen molar-refractivity contribution in [2.45, 2.75) is 45.8 Å². The first-order valence-electron chi connectivity index (χ1n) is 11.5. The number of benzene rings is 2. The number of likely N-dealkylation sites (tertiary alicyclic amines) is 1. The first kappa shape index (κ1) is 24.4. The van der Waals surface area contributed by atoms with Crippen molar-refractivity contribution in [3.63, 3.8) is 0 Å². The van der Waals surface area contributed by atoms with Gasteiger partial charge in [-0.3, -0.25) is 14.2 Å². The van der Waals surface area contributed by atoms with Gasteiger partial charge in [-0.15, -0.1) is 0 Å². The molecule has 2 aromatic carbocycles. The van der Waals surface area contributed by atoms with Crippen molar-refractivity contribution in [3.8, 4) is 5.69 Å². The lowest BCUT2D eigenvalue weighted by Crippen LogP contribution is -2.45. The molecule has 1 amide bonds. The largest absolute Gasteiger partial charge is 0.457 e. The molecule has 0 radical (unpaired) electrons. The van der Waals surface area contributed by atoms with E-state index in [0.717, 1.165) is 0 Å². The fraction of sp³-hybridized carbons (Fsp3) is 0.385. The van der Waals surface area contributed by atoms with Crippen LogP contribution in [-0.4, -0.2) is 45.2 Å². The molecule has 1 aromatic heterocycles. The lowest BCUT2D eigenvalue weighted by atomic mass is 9.98. The molecule has 8 nitrogen and oxygen atoms in total. The normalized spacial score (nSPS) is 16.2. The number of hydrogen-bond acceptors (Lipinski definition) is 6. The summed E-state index contributed by atoms with van der Waals surface area (Å²) in [5.41, 5.74) is -0.0942. The molecule has 0 saturated carbocycles. The van der Waals surface area contributed by atoms with Crippen LogP contribution in [0.5, 0.6) is 0 Å². The van der Waals surface area contributed by atoms with Crippen molar-refractivity contribution in [1.29, 1.82) is 0 Å². The molecule has 0 spiro atoms. The third-order valence-corrected chi connectivity index (χ3v) is 5.68. The minimum Gasteiger partial charge on any atom is -0.457 e. The van der Waals surface area contributed by atoms with Gasteiger partial charge in [0, 0.05) is 13.1 Å². The summed E-state index contributed by atoms with van der Waals surface area (Å²) in [7, 11) is 0. The summed E-state index contributed by atoms with van der Waals surface area (Å²) < 4.78 is 25.8. The SMILES string of the molecule is CC(C)(C)OC(=O)N1CCC[C@H](C(=O)OCc2nc3ccccc3c(=O)n2-c2ccc(F)cc2)C1. The van der Waals surface area contributed by atoms with E-state index < -0.39 is 29.4 Å². The number of carbonyl (C=O) groups excluding carboxylic acids is 2. The molecule has 1 aliphatic heterocycles. The molecule has 1 fully saturated rings. The second-order valence-electron chi connectivity index (χ2n) is 9.54. The minimum absolute atomic E-state index is 0.198. The lowest BCUT2D eigenvalue weighted by Gasteiger charge is -2.33. The number of carbonyl (C=O) groups is 2. The fourth-order valence-electron chi connectivity index (χ4n) is 4.05. The van der Waals surface area contributed by atoms with Gasteiger partial charge >= 0.3 is 12.1 Å². The molecule has 1 atom stereocenters. The van der Waals surface area contributed by atoms with Gasteiger partial charge in [0.25, 0.3) is 5.56 Å². The molecule has 184 valence electrons. The van der Waals surface area contributed by atoms with Gasteiger partial charge in [-0.2, -0.15) is 0 Å². The predicted molar refractivity (Wildman–Crippen MR) is 128 cm³/mol. The van der Waals surface area contributed by atoms with E-state index in [4.69, 9.17) is 9.47 Å². The second kappa shape index (κ2) is 9.85. The summed E-state index contributed by atoms with van der Waals surface area (Å²) in [5, 5.41) is 0.396. The molecule has 2 heterocycles. The van der Waals surface area contributed by atoms with Crippen LogP contribution in [0, 0.1) is 11.7 Å². The number of fused-ring (bicyclic) bond motifs is 1.